The molecule has 0 bridgehead atoms. The Labute approximate surface area is 199 Å². The zero-order valence-corrected chi connectivity index (χ0v) is 20.1. The number of hydrogen-bond acceptors (Lipinski definition) is 5. The monoisotopic (exact) mass is 519 g/mol. The number of carbonyl (C=O) groups is 1. The topological polar surface area (TPSA) is 85.8 Å². The Balaban J connectivity index is 1.86. The van der Waals surface area contributed by atoms with Crippen LogP contribution in [0.2, 0.25) is 5.02 Å². The Morgan fingerprint density at radius 3 is 2.62 bits per heavy atom. The first kappa shape index (κ1) is 22.4. The lowest BCUT2D eigenvalue weighted by Crippen LogP contribution is -2.38. The van der Waals surface area contributed by atoms with Gasteiger partial charge in [-0.15, -0.1) is 0 Å². The van der Waals surface area contributed by atoms with Crippen molar-refractivity contribution in [3.63, 3.8) is 0 Å². The number of aryl methyl sites for hydroxylation is 1. The van der Waals surface area contributed by atoms with Crippen molar-refractivity contribution < 1.29 is 14.3 Å². The third kappa shape index (κ3) is 4.28. The van der Waals surface area contributed by atoms with E-state index in [9.17, 15) is 4.79 Å². The zero-order chi connectivity index (χ0) is 22.8. The number of rotatable bonds is 5. The van der Waals surface area contributed by atoms with Crippen LogP contribution < -0.4 is 20.3 Å². The number of anilines is 3. The minimum absolute atomic E-state index is 0.578. The SMILES string of the molecule is COc1ccc(N(C(N)=O)c2ccc(Cl)cc2N2CCOCC2)cc1-c1c(Br)cnn1C. The van der Waals surface area contributed by atoms with Gasteiger partial charge in [0.2, 0.25) is 0 Å². The summed E-state index contributed by atoms with van der Waals surface area (Å²) in [4.78, 5) is 16.3. The van der Waals surface area contributed by atoms with Gasteiger partial charge in [-0.2, -0.15) is 5.10 Å². The summed E-state index contributed by atoms with van der Waals surface area (Å²) in [7, 11) is 3.44. The number of morpholine rings is 1. The molecule has 0 unspecified atom stereocenters. The average molecular weight is 521 g/mol. The molecule has 2 aromatic carbocycles. The maximum atomic E-state index is 12.7. The molecule has 1 fully saturated rings. The number of amides is 2. The minimum Gasteiger partial charge on any atom is -0.496 e. The van der Waals surface area contributed by atoms with Gasteiger partial charge in [-0.25, -0.2) is 4.79 Å². The summed E-state index contributed by atoms with van der Waals surface area (Å²) in [5.74, 6) is 0.645. The van der Waals surface area contributed by atoms with E-state index in [-0.39, 0.29) is 0 Å². The predicted octanol–water partition coefficient (Wildman–Crippen LogP) is 4.57. The van der Waals surface area contributed by atoms with Crippen LogP contribution in [0.15, 0.2) is 47.1 Å². The fourth-order valence-electron chi connectivity index (χ4n) is 3.86. The number of nitrogens with zero attached hydrogens (tertiary/aromatic N) is 4. The lowest BCUT2D eigenvalue weighted by Gasteiger charge is -2.33. The Hall–Kier alpha value is -2.75. The molecule has 8 nitrogen and oxygen atoms in total. The standard InChI is InChI=1S/C22H23BrClN5O3/c1-27-21(17(23)13-26-27)16-12-15(4-6-20(16)31-2)29(22(25)30)18-5-3-14(24)11-19(18)28-7-9-32-10-8-28/h3-6,11-13H,7-10H2,1-2H3,(H2,25,30). The van der Waals surface area contributed by atoms with E-state index in [0.29, 0.717) is 48.5 Å². The second-order valence-electron chi connectivity index (χ2n) is 7.26. The number of nitrogens with two attached hydrogens (primary N) is 1. The first-order valence-electron chi connectivity index (χ1n) is 9.98. The van der Waals surface area contributed by atoms with Crippen molar-refractivity contribution in [2.75, 3.05) is 43.2 Å². The molecule has 0 spiro atoms. The Bertz CT molecular complexity index is 1130. The van der Waals surface area contributed by atoms with Gasteiger partial charge in [-0.3, -0.25) is 9.58 Å². The van der Waals surface area contributed by atoms with E-state index in [1.807, 2.05) is 31.3 Å². The molecule has 1 aliphatic heterocycles. The maximum Gasteiger partial charge on any atom is 0.323 e. The first-order chi connectivity index (χ1) is 15.4. The summed E-state index contributed by atoms with van der Waals surface area (Å²) in [5.41, 5.74) is 9.53. The molecule has 0 radical (unpaired) electrons. The number of ether oxygens (including phenoxy) is 2. The molecule has 2 heterocycles. The predicted molar refractivity (Wildman–Crippen MR) is 129 cm³/mol. The lowest BCUT2D eigenvalue weighted by atomic mass is 10.1. The second kappa shape index (κ2) is 9.40. The van der Waals surface area contributed by atoms with Crippen LogP contribution in [-0.4, -0.2) is 49.2 Å². The van der Waals surface area contributed by atoms with E-state index in [1.165, 1.54) is 4.90 Å². The molecule has 168 valence electrons. The Kier molecular flexibility index (Phi) is 6.59. The minimum atomic E-state index is -0.609. The van der Waals surface area contributed by atoms with Gasteiger partial charge in [-0.05, 0) is 52.3 Å². The second-order valence-corrected chi connectivity index (χ2v) is 8.55. The Morgan fingerprint density at radius 1 is 1.25 bits per heavy atom. The highest BCUT2D eigenvalue weighted by atomic mass is 79.9. The number of halogens is 2. The molecule has 1 aliphatic rings. The van der Waals surface area contributed by atoms with Crippen molar-refractivity contribution in [3.8, 4) is 17.0 Å². The third-order valence-electron chi connectivity index (χ3n) is 5.34. The molecular formula is C22H23BrClN5O3. The summed E-state index contributed by atoms with van der Waals surface area (Å²) in [6, 6.07) is 10.3. The first-order valence-corrected chi connectivity index (χ1v) is 11.2. The fraction of sp³-hybridized carbons (Fsp3) is 0.273. The molecule has 0 atom stereocenters. The Morgan fingerprint density at radius 2 is 2.00 bits per heavy atom. The van der Waals surface area contributed by atoms with E-state index in [0.717, 1.165) is 21.4 Å². The summed E-state index contributed by atoms with van der Waals surface area (Å²) < 4.78 is 13.6. The van der Waals surface area contributed by atoms with Crippen molar-refractivity contribution in [1.29, 1.82) is 0 Å². The van der Waals surface area contributed by atoms with Crippen LogP contribution in [0.5, 0.6) is 5.75 Å². The van der Waals surface area contributed by atoms with Gasteiger partial charge in [0.25, 0.3) is 0 Å². The highest BCUT2D eigenvalue weighted by Crippen LogP contribution is 2.41. The third-order valence-corrected chi connectivity index (χ3v) is 6.16. The molecular weight excluding hydrogens is 498 g/mol. The van der Waals surface area contributed by atoms with Gasteiger partial charge in [0.1, 0.15) is 5.75 Å². The van der Waals surface area contributed by atoms with Gasteiger partial charge < -0.3 is 20.1 Å². The van der Waals surface area contributed by atoms with Gasteiger partial charge in [-0.1, -0.05) is 11.6 Å². The van der Waals surface area contributed by atoms with Crippen LogP contribution in [0.3, 0.4) is 0 Å². The summed E-state index contributed by atoms with van der Waals surface area (Å²) >= 11 is 9.86. The molecule has 4 rings (SSSR count). The summed E-state index contributed by atoms with van der Waals surface area (Å²) in [6.45, 7) is 2.58. The normalized spacial score (nSPS) is 13.8. The highest BCUT2D eigenvalue weighted by Gasteiger charge is 2.25. The van der Waals surface area contributed by atoms with Crippen molar-refractivity contribution in [2.24, 2.45) is 12.8 Å². The number of benzene rings is 2. The quantitative estimate of drug-likeness (QED) is 0.533. The zero-order valence-electron chi connectivity index (χ0n) is 17.7. The molecule has 10 heteroatoms. The van der Waals surface area contributed by atoms with E-state index in [4.69, 9.17) is 26.8 Å². The van der Waals surface area contributed by atoms with Crippen LogP contribution in [0.1, 0.15) is 0 Å². The highest BCUT2D eigenvalue weighted by molar-refractivity contribution is 9.10. The van der Waals surface area contributed by atoms with Crippen molar-refractivity contribution in [1.82, 2.24) is 9.78 Å². The number of methoxy groups -OCH3 is 1. The molecule has 2 N–H and O–H groups in total. The van der Waals surface area contributed by atoms with Crippen LogP contribution in [0, 0.1) is 0 Å². The van der Waals surface area contributed by atoms with Gasteiger partial charge in [0, 0.05) is 30.7 Å². The van der Waals surface area contributed by atoms with Crippen LogP contribution in [-0.2, 0) is 11.8 Å². The lowest BCUT2D eigenvalue weighted by molar-refractivity contribution is 0.123. The molecule has 32 heavy (non-hydrogen) atoms. The summed E-state index contributed by atoms with van der Waals surface area (Å²) in [5, 5.41) is 4.87. The van der Waals surface area contributed by atoms with E-state index in [1.54, 1.807) is 30.1 Å². The van der Waals surface area contributed by atoms with Crippen LogP contribution in [0.25, 0.3) is 11.3 Å². The molecule has 3 aromatic rings. The smallest absolute Gasteiger partial charge is 0.323 e. The van der Waals surface area contributed by atoms with Crippen molar-refractivity contribution in [3.05, 3.63) is 52.1 Å². The average Bonchev–Trinajstić information content (AvgIpc) is 3.13. The van der Waals surface area contributed by atoms with Crippen LogP contribution >= 0.6 is 27.5 Å². The molecule has 0 saturated carbocycles. The number of aromatic nitrogens is 2. The van der Waals surface area contributed by atoms with Gasteiger partial charge in [0.15, 0.2) is 0 Å². The molecule has 2 amide bonds. The van der Waals surface area contributed by atoms with Crippen molar-refractivity contribution >= 4 is 50.6 Å². The van der Waals surface area contributed by atoms with Crippen molar-refractivity contribution in [2.45, 2.75) is 0 Å². The van der Waals surface area contributed by atoms with E-state index >= 15 is 0 Å². The van der Waals surface area contributed by atoms with Crippen LogP contribution in [0.4, 0.5) is 21.9 Å². The fourth-order valence-corrected chi connectivity index (χ4v) is 4.59. The van der Waals surface area contributed by atoms with E-state index < -0.39 is 6.03 Å². The number of primary amides is 1. The molecule has 1 saturated heterocycles. The number of urea groups is 1. The number of hydrogen-bond donors (Lipinski definition) is 1. The maximum absolute atomic E-state index is 12.7. The largest absolute Gasteiger partial charge is 0.496 e. The van der Waals surface area contributed by atoms with E-state index in [2.05, 4.69) is 25.9 Å². The molecule has 1 aromatic heterocycles. The van der Waals surface area contributed by atoms with Gasteiger partial charge >= 0.3 is 6.03 Å². The summed E-state index contributed by atoms with van der Waals surface area (Å²) in [6.07, 6.45) is 1.71. The van der Waals surface area contributed by atoms with Gasteiger partial charge in [0.05, 0.1) is 53.7 Å². The number of carbonyl (C=O) groups excluding carboxylic acids is 1. The molecule has 0 aliphatic carbocycles.